The maximum absolute atomic E-state index is 5.61. The highest BCUT2D eigenvalue weighted by Crippen LogP contribution is 2.20. The molecule has 1 fully saturated rings. The van der Waals surface area contributed by atoms with Gasteiger partial charge in [0.2, 0.25) is 0 Å². The summed E-state index contributed by atoms with van der Waals surface area (Å²) >= 11 is 0. The number of aromatic nitrogens is 1. The average Bonchev–Trinajstić information content (AvgIpc) is 2.68. The van der Waals surface area contributed by atoms with Crippen LogP contribution in [0.25, 0.3) is 10.9 Å². The van der Waals surface area contributed by atoms with E-state index in [1.54, 1.807) is 0 Å². The van der Waals surface area contributed by atoms with E-state index in [0.717, 1.165) is 38.2 Å². The summed E-state index contributed by atoms with van der Waals surface area (Å²) in [6.45, 7) is 3.68. The van der Waals surface area contributed by atoms with Crippen molar-refractivity contribution in [1.29, 1.82) is 0 Å². The Morgan fingerprint density at radius 3 is 3.28 bits per heavy atom. The summed E-state index contributed by atoms with van der Waals surface area (Å²) in [5, 5.41) is 4.69. The van der Waals surface area contributed by atoms with Gasteiger partial charge in [-0.1, -0.05) is 18.2 Å². The molecule has 0 aliphatic carbocycles. The van der Waals surface area contributed by atoms with Crippen molar-refractivity contribution in [2.24, 2.45) is 5.92 Å². The third kappa shape index (κ3) is 2.52. The van der Waals surface area contributed by atoms with Gasteiger partial charge in [0, 0.05) is 24.7 Å². The molecule has 1 saturated heterocycles. The van der Waals surface area contributed by atoms with E-state index in [1.165, 1.54) is 10.9 Å². The second-order valence-electron chi connectivity index (χ2n) is 4.84. The first-order valence-corrected chi connectivity index (χ1v) is 6.54. The van der Waals surface area contributed by atoms with Crippen LogP contribution in [-0.4, -0.2) is 31.3 Å². The Labute approximate surface area is 107 Å². The van der Waals surface area contributed by atoms with E-state index in [0.29, 0.717) is 5.92 Å². The second-order valence-corrected chi connectivity index (χ2v) is 4.84. The van der Waals surface area contributed by atoms with Crippen LogP contribution in [-0.2, 0) is 11.2 Å². The van der Waals surface area contributed by atoms with E-state index in [-0.39, 0.29) is 0 Å². The summed E-state index contributed by atoms with van der Waals surface area (Å²) in [6.07, 6.45) is 2.90. The molecule has 0 spiro atoms. The molecule has 1 N–H and O–H groups in total. The molecule has 3 heteroatoms. The molecule has 0 radical (unpaired) electrons. The predicted octanol–water partition coefficient (Wildman–Crippen LogP) is 2.01. The first-order chi connectivity index (χ1) is 8.93. The number of rotatable bonds is 2. The Kier molecular flexibility index (Phi) is 3.53. The lowest BCUT2D eigenvalue weighted by atomic mass is 9.97. The highest BCUT2D eigenvalue weighted by atomic mass is 16.5. The van der Waals surface area contributed by atoms with Gasteiger partial charge in [0.1, 0.15) is 0 Å². The first kappa shape index (κ1) is 11.6. The van der Waals surface area contributed by atoms with Crippen molar-refractivity contribution in [2.45, 2.75) is 6.42 Å². The van der Waals surface area contributed by atoms with Crippen LogP contribution in [0.2, 0.25) is 0 Å². The molecule has 1 aromatic heterocycles. The minimum Gasteiger partial charge on any atom is -0.380 e. The quantitative estimate of drug-likeness (QED) is 0.874. The molecule has 18 heavy (non-hydrogen) atoms. The van der Waals surface area contributed by atoms with E-state index >= 15 is 0 Å². The minimum atomic E-state index is 0.554. The number of hydrogen-bond donors (Lipinski definition) is 1. The van der Waals surface area contributed by atoms with Crippen molar-refractivity contribution in [3.05, 3.63) is 42.1 Å². The molecule has 3 nitrogen and oxygen atoms in total. The molecule has 0 bridgehead atoms. The summed E-state index contributed by atoms with van der Waals surface area (Å²) in [5.41, 5.74) is 2.45. The van der Waals surface area contributed by atoms with Crippen LogP contribution < -0.4 is 5.32 Å². The van der Waals surface area contributed by atoms with Gasteiger partial charge in [-0.05, 0) is 30.0 Å². The average molecular weight is 242 g/mol. The molecule has 1 aliphatic rings. The first-order valence-electron chi connectivity index (χ1n) is 6.54. The molecule has 0 unspecified atom stereocenters. The van der Waals surface area contributed by atoms with Crippen LogP contribution in [0, 0.1) is 5.92 Å². The Bertz CT molecular complexity index is 513. The Morgan fingerprint density at radius 2 is 2.28 bits per heavy atom. The van der Waals surface area contributed by atoms with Crippen LogP contribution in [0.1, 0.15) is 5.56 Å². The topological polar surface area (TPSA) is 34.1 Å². The van der Waals surface area contributed by atoms with E-state index in [9.17, 15) is 0 Å². The molecule has 1 atom stereocenters. The lowest BCUT2D eigenvalue weighted by Crippen LogP contribution is -2.24. The number of benzene rings is 1. The highest BCUT2D eigenvalue weighted by molar-refractivity contribution is 5.81. The van der Waals surface area contributed by atoms with Crippen molar-refractivity contribution in [3.63, 3.8) is 0 Å². The summed E-state index contributed by atoms with van der Waals surface area (Å²) in [6, 6.07) is 10.5. The zero-order chi connectivity index (χ0) is 12.2. The zero-order valence-electron chi connectivity index (χ0n) is 10.4. The van der Waals surface area contributed by atoms with Crippen LogP contribution >= 0.6 is 0 Å². The van der Waals surface area contributed by atoms with Crippen molar-refractivity contribution < 1.29 is 4.74 Å². The number of fused-ring (bicyclic) bond motifs is 1. The van der Waals surface area contributed by atoms with Crippen LogP contribution in [0.5, 0.6) is 0 Å². The summed E-state index contributed by atoms with van der Waals surface area (Å²) < 4.78 is 5.61. The number of nitrogens with one attached hydrogen (secondary N) is 1. The molecule has 2 aromatic rings. The van der Waals surface area contributed by atoms with Crippen molar-refractivity contribution in [2.75, 3.05) is 26.3 Å². The molecule has 0 saturated carbocycles. The van der Waals surface area contributed by atoms with Gasteiger partial charge in [-0.15, -0.1) is 0 Å². The monoisotopic (exact) mass is 242 g/mol. The van der Waals surface area contributed by atoms with Gasteiger partial charge >= 0.3 is 0 Å². The van der Waals surface area contributed by atoms with Gasteiger partial charge in [-0.3, -0.25) is 4.98 Å². The van der Waals surface area contributed by atoms with Crippen molar-refractivity contribution in [3.8, 4) is 0 Å². The van der Waals surface area contributed by atoms with E-state index in [1.807, 2.05) is 12.3 Å². The SMILES string of the molecule is c1cc(C[C@@H]2CNCCOC2)c2cccnc2c1. The molecule has 94 valence electrons. The maximum atomic E-state index is 5.61. The molecular weight excluding hydrogens is 224 g/mol. The second kappa shape index (κ2) is 5.46. The normalized spacial score (nSPS) is 20.8. The fourth-order valence-electron chi connectivity index (χ4n) is 2.55. The number of hydrogen-bond acceptors (Lipinski definition) is 3. The van der Waals surface area contributed by atoms with Gasteiger partial charge in [0.25, 0.3) is 0 Å². The van der Waals surface area contributed by atoms with Gasteiger partial charge in [0.05, 0.1) is 18.7 Å². The summed E-state index contributed by atoms with van der Waals surface area (Å²) in [7, 11) is 0. The van der Waals surface area contributed by atoms with Crippen LogP contribution in [0.15, 0.2) is 36.5 Å². The van der Waals surface area contributed by atoms with Gasteiger partial charge in [0.15, 0.2) is 0 Å². The van der Waals surface area contributed by atoms with E-state index in [2.05, 4.69) is 34.6 Å². The largest absolute Gasteiger partial charge is 0.380 e. The van der Waals surface area contributed by atoms with Gasteiger partial charge in [-0.25, -0.2) is 0 Å². The molecule has 3 rings (SSSR count). The number of ether oxygens (including phenoxy) is 1. The van der Waals surface area contributed by atoms with Crippen LogP contribution in [0.4, 0.5) is 0 Å². The van der Waals surface area contributed by atoms with Crippen molar-refractivity contribution >= 4 is 10.9 Å². The molecule has 0 amide bonds. The lowest BCUT2D eigenvalue weighted by Gasteiger charge is -2.15. The fourth-order valence-corrected chi connectivity index (χ4v) is 2.55. The Morgan fingerprint density at radius 1 is 1.28 bits per heavy atom. The summed E-state index contributed by atoms with van der Waals surface area (Å²) in [5.74, 6) is 0.554. The van der Waals surface area contributed by atoms with Gasteiger partial charge in [-0.2, -0.15) is 0 Å². The number of pyridine rings is 1. The standard InChI is InChI=1S/C15H18N2O/c1-3-13(9-12-10-16-7-8-18-11-12)14-4-2-6-17-15(14)5-1/h1-6,12,16H,7-11H2/t12-/m1/s1. The van der Waals surface area contributed by atoms with Crippen molar-refractivity contribution in [1.82, 2.24) is 10.3 Å². The fraction of sp³-hybridized carbons (Fsp3) is 0.400. The third-order valence-electron chi connectivity index (χ3n) is 3.45. The molecule has 1 aliphatic heterocycles. The zero-order valence-corrected chi connectivity index (χ0v) is 10.4. The molecular formula is C15H18N2O. The summed E-state index contributed by atoms with van der Waals surface area (Å²) in [4.78, 5) is 4.41. The predicted molar refractivity (Wildman–Crippen MR) is 72.6 cm³/mol. The minimum absolute atomic E-state index is 0.554. The van der Waals surface area contributed by atoms with Gasteiger partial charge < -0.3 is 10.1 Å². The Hall–Kier alpha value is -1.45. The number of nitrogens with zero attached hydrogens (tertiary/aromatic N) is 1. The lowest BCUT2D eigenvalue weighted by molar-refractivity contribution is 0.123. The Balaban J connectivity index is 1.85. The molecule has 2 heterocycles. The van der Waals surface area contributed by atoms with Crippen LogP contribution in [0.3, 0.4) is 0 Å². The van der Waals surface area contributed by atoms with E-state index < -0.39 is 0 Å². The smallest absolute Gasteiger partial charge is 0.0704 e. The van der Waals surface area contributed by atoms with E-state index in [4.69, 9.17) is 4.74 Å². The molecule has 1 aromatic carbocycles. The third-order valence-corrected chi connectivity index (χ3v) is 3.45. The highest BCUT2D eigenvalue weighted by Gasteiger charge is 2.14. The maximum Gasteiger partial charge on any atom is 0.0704 e.